The predicted octanol–water partition coefficient (Wildman–Crippen LogP) is 4.82. The first-order chi connectivity index (χ1) is 18.2. The number of benzene rings is 1. The Hall–Kier alpha value is -3.40. The first kappa shape index (κ1) is 24.9. The number of piperidine rings is 2. The van der Waals surface area contributed by atoms with E-state index in [0.29, 0.717) is 28.9 Å². The Balaban J connectivity index is 1.27. The molecule has 1 saturated carbocycles. The smallest absolute Gasteiger partial charge is 0.255 e. The molecule has 200 valence electrons. The highest BCUT2D eigenvalue weighted by Gasteiger charge is 2.55. The third-order valence-electron chi connectivity index (χ3n) is 8.33. The fraction of sp³-hybridized carbons (Fsp3) is 0.500. The number of alkyl halides is 1. The van der Waals surface area contributed by atoms with Crippen molar-refractivity contribution in [2.75, 3.05) is 12.0 Å². The van der Waals surface area contributed by atoms with Crippen molar-refractivity contribution in [3.8, 4) is 34.0 Å². The lowest BCUT2D eigenvalue weighted by Gasteiger charge is -2.57. The fourth-order valence-corrected chi connectivity index (χ4v) is 6.37. The standard InChI is InChI=1S/C28H32F2N6O2/c1-27-9-4-10-28(2,35-27)24(29)20(13-27)36(18-6-7-18)23-15-32-26(34-33-23)19-8-5-16(11-21(19)37)17-12-22(38-3)25(30)31-14-17/h5,8,11-12,14-15,18,20,24,35,37H,4,6-7,9-10,13H2,1-3H3/t20-,24-,27-,28+/m1/s1. The summed E-state index contributed by atoms with van der Waals surface area (Å²) in [7, 11) is 1.37. The molecule has 2 bridgehead atoms. The van der Waals surface area contributed by atoms with E-state index in [9.17, 15) is 9.50 Å². The summed E-state index contributed by atoms with van der Waals surface area (Å²) in [5.74, 6) is 0.102. The van der Waals surface area contributed by atoms with E-state index in [4.69, 9.17) is 4.74 Å². The number of aromatic hydroxyl groups is 1. The number of anilines is 1. The van der Waals surface area contributed by atoms with E-state index in [1.165, 1.54) is 19.4 Å². The molecule has 2 saturated heterocycles. The summed E-state index contributed by atoms with van der Waals surface area (Å²) < 4.78 is 34.7. The lowest BCUT2D eigenvalue weighted by molar-refractivity contribution is 0.000258. The van der Waals surface area contributed by atoms with Crippen molar-refractivity contribution in [3.63, 3.8) is 0 Å². The Bertz CT molecular complexity index is 1350. The van der Waals surface area contributed by atoms with Crippen molar-refractivity contribution in [3.05, 3.63) is 42.6 Å². The molecule has 3 aromatic rings. The molecule has 2 aliphatic heterocycles. The third kappa shape index (κ3) is 4.34. The predicted molar refractivity (Wildman–Crippen MR) is 139 cm³/mol. The number of phenolic OH excluding ortho intramolecular Hbond substituents is 1. The Morgan fingerprint density at radius 3 is 2.58 bits per heavy atom. The summed E-state index contributed by atoms with van der Waals surface area (Å²) in [6, 6.07) is 6.45. The largest absolute Gasteiger partial charge is 0.507 e. The number of rotatable bonds is 6. The van der Waals surface area contributed by atoms with Gasteiger partial charge in [0.2, 0.25) is 0 Å². The molecule has 3 aliphatic rings. The van der Waals surface area contributed by atoms with Crippen molar-refractivity contribution in [1.82, 2.24) is 25.5 Å². The Labute approximate surface area is 220 Å². The molecule has 1 aliphatic carbocycles. The normalized spacial score (nSPS) is 28.7. The maximum atomic E-state index is 16.0. The number of phenols is 1. The molecule has 0 spiro atoms. The molecule has 2 N–H and O–H groups in total. The Morgan fingerprint density at radius 1 is 1.08 bits per heavy atom. The highest BCUT2D eigenvalue weighted by atomic mass is 19.1. The molecular weight excluding hydrogens is 490 g/mol. The maximum Gasteiger partial charge on any atom is 0.255 e. The summed E-state index contributed by atoms with van der Waals surface area (Å²) in [5, 5.41) is 23.1. The van der Waals surface area contributed by atoms with Gasteiger partial charge in [-0.15, -0.1) is 10.2 Å². The third-order valence-corrected chi connectivity index (χ3v) is 8.33. The van der Waals surface area contributed by atoms with Crippen LogP contribution >= 0.6 is 0 Å². The van der Waals surface area contributed by atoms with Gasteiger partial charge in [-0.3, -0.25) is 0 Å². The number of hydrogen-bond acceptors (Lipinski definition) is 8. The molecule has 4 atom stereocenters. The summed E-state index contributed by atoms with van der Waals surface area (Å²) >= 11 is 0. The number of halogens is 2. The minimum absolute atomic E-state index is 0.0188. The maximum absolute atomic E-state index is 16.0. The molecule has 38 heavy (non-hydrogen) atoms. The summed E-state index contributed by atoms with van der Waals surface area (Å²) in [5.41, 5.74) is 0.976. The van der Waals surface area contributed by atoms with Crippen LogP contribution < -0.4 is 15.0 Å². The van der Waals surface area contributed by atoms with Crippen LogP contribution in [0.1, 0.15) is 52.4 Å². The zero-order chi connectivity index (χ0) is 26.7. The second-order valence-corrected chi connectivity index (χ2v) is 11.4. The first-order valence-electron chi connectivity index (χ1n) is 13.1. The number of fused-ring (bicyclic) bond motifs is 2. The van der Waals surface area contributed by atoms with Gasteiger partial charge in [0.25, 0.3) is 5.95 Å². The highest BCUT2D eigenvalue weighted by molar-refractivity contribution is 5.73. The van der Waals surface area contributed by atoms with Gasteiger partial charge in [-0.1, -0.05) is 6.07 Å². The summed E-state index contributed by atoms with van der Waals surface area (Å²) in [4.78, 5) is 10.3. The van der Waals surface area contributed by atoms with Crippen LogP contribution in [0.25, 0.3) is 22.5 Å². The van der Waals surface area contributed by atoms with Crippen LogP contribution in [0.15, 0.2) is 36.7 Å². The number of methoxy groups -OCH3 is 1. The molecule has 10 heteroatoms. The molecule has 0 amide bonds. The first-order valence-corrected chi connectivity index (χ1v) is 13.1. The van der Waals surface area contributed by atoms with Crippen molar-refractivity contribution >= 4 is 5.82 Å². The van der Waals surface area contributed by atoms with Gasteiger partial charge in [0.1, 0.15) is 11.9 Å². The van der Waals surface area contributed by atoms with Crippen molar-refractivity contribution in [2.24, 2.45) is 0 Å². The van der Waals surface area contributed by atoms with Gasteiger partial charge in [0.15, 0.2) is 17.4 Å². The molecule has 4 heterocycles. The number of aromatic nitrogens is 4. The molecule has 0 unspecified atom stereocenters. The quantitative estimate of drug-likeness (QED) is 0.445. The van der Waals surface area contributed by atoms with E-state index >= 15 is 4.39 Å². The number of pyridine rings is 1. The van der Waals surface area contributed by atoms with Gasteiger partial charge in [-0.05, 0) is 76.1 Å². The van der Waals surface area contributed by atoms with Crippen LogP contribution in [0.3, 0.4) is 0 Å². The monoisotopic (exact) mass is 522 g/mol. The molecule has 2 aromatic heterocycles. The lowest BCUT2D eigenvalue weighted by Crippen LogP contribution is -2.73. The topological polar surface area (TPSA) is 96.3 Å². The van der Waals surface area contributed by atoms with Crippen molar-refractivity contribution < 1.29 is 18.6 Å². The lowest BCUT2D eigenvalue weighted by atomic mass is 9.68. The number of ether oxygens (including phenoxy) is 1. The Morgan fingerprint density at radius 2 is 1.89 bits per heavy atom. The van der Waals surface area contributed by atoms with Crippen molar-refractivity contribution in [1.29, 1.82) is 0 Å². The molecule has 8 nitrogen and oxygen atoms in total. The zero-order valence-electron chi connectivity index (χ0n) is 21.8. The number of hydrogen-bond donors (Lipinski definition) is 2. The van der Waals surface area contributed by atoms with Crippen LogP contribution in [0.4, 0.5) is 14.6 Å². The van der Waals surface area contributed by atoms with Crippen LogP contribution in [0, 0.1) is 5.95 Å². The average molecular weight is 523 g/mol. The number of nitrogens with zero attached hydrogens (tertiary/aromatic N) is 5. The molecule has 1 aromatic carbocycles. The number of nitrogens with one attached hydrogen (secondary N) is 1. The van der Waals surface area contributed by atoms with Gasteiger partial charge in [-0.25, -0.2) is 14.4 Å². The fourth-order valence-electron chi connectivity index (χ4n) is 6.37. The Kier molecular flexibility index (Phi) is 5.97. The SMILES string of the molecule is COc1cc(-c2ccc(-c3ncc(N(C4CC4)[C@@H]4C[C@@]5(C)CCC[C@](C)(N5)[C@@H]4F)nn3)c(O)c2)cnc1F. The summed E-state index contributed by atoms with van der Waals surface area (Å²) in [6.07, 6.45) is 7.56. The van der Waals surface area contributed by atoms with E-state index in [1.807, 2.05) is 6.92 Å². The second kappa shape index (κ2) is 9.11. The van der Waals surface area contributed by atoms with E-state index in [1.54, 1.807) is 24.4 Å². The van der Waals surface area contributed by atoms with E-state index in [0.717, 1.165) is 32.1 Å². The minimum Gasteiger partial charge on any atom is -0.507 e. The highest BCUT2D eigenvalue weighted by Crippen LogP contribution is 2.46. The van der Waals surface area contributed by atoms with Crippen LogP contribution in [-0.2, 0) is 0 Å². The van der Waals surface area contributed by atoms with Crippen LogP contribution in [0.5, 0.6) is 11.5 Å². The molecular formula is C28H32F2N6O2. The van der Waals surface area contributed by atoms with E-state index in [2.05, 4.69) is 37.3 Å². The molecule has 0 radical (unpaired) electrons. The second-order valence-electron chi connectivity index (χ2n) is 11.4. The van der Waals surface area contributed by atoms with Gasteiger partial charge in [0.05, 0.1) is 24.9 Å². The summed E-state index contributed by atoms with van der Waals surface area (Å²) in [6.45, 7) is 4.20. The van der Waals surface area contributed by atoms with E-state index in [-0.39, 0.29) is 34.9 Å². The van der Waals surface area contributed by atoms with Gasteiger partial charge in [-0.2, -0.15) is 4.39 Å². The van der Waals surface area contributed by atoms with Gasteiger partial charge in [0, 0.05) is 28.9 Å². The van der Waals surface area contributed by atoms with Crippen LogP contribution in [0.2, 0.25) is 0 Å². The molecule has 3 fully saturated rings. The van der Waals surface area contributed by atoms with Gasteiger partial charge >= 0.3 is 0 Å². The average Bonchev–Trinajstić information content (AvgIpc) is 3.73. The van der Waals surface area contributed by atoms with Crippen LogP contribution in [-0.4, -0.2) is 61.7 Å². The van der Waals surface area contributed by atoms with E-state index < -0.39 is 17.7 Å². The zero-order valence-corrected chi connectivity index (χ0v) is 21.8. The minimum atomic E-state index is -1.03. The molecule has 6 rings (SSSR count). The van der Waals surface area contributed by atoms with Gasteiger partial charge < -0.3 is 20.1 Å². The van der Waals surface area contributed by atoms with Crippen molar-refractivity contribution in [2.45, 2.75) is 81.7 Å².